The van der Waals surface area contributed by atoms with Gasteiger partial charge < -0.3 is 14.7 Å². The summed E-state index contributed by atoms with van der Waals surface area (Å²) in [6.07, 6.45) is 0.124. The van der Waals surface area contributed by atoms with E-state index in [-0.39, 0.29) is 0 Å². The van der Waals surface area contributed by atoms with Crippen LogP contribution in [-0.2, 0) is 4.74 Å². The quantitative estimate of drug-likeness (QED) is 0.537. The minimum atomic E-state index is -2.49. The van der Waals surface area contributed by atoms with Gasteiger partial charge in [0.05, 0.1) is 0 Å². The van der Waals surface area contributed by atoms with E-state index in [9.17, 15) is 9.18 Å². The van der Waals surface area contributed by atoms with E-state index >= 15 is 0 Å². The number of likely N-dealkylation sites (tertiary alicyclic amines) is 1. The van der Waals surface area contributed by atoms with Crippen LogP contribution in [0.4, 0.5) is 9.18 Å². The summed E-state index contributed by atoms with van der Waals surface area (Å²) in [6, 6.07) is 0. The lowest BCUT2D eigenvalue weighted by atomic mass is 10.2. The van der Waals surface area contributed by atoms with Crippen molar-refractivity contribution < 1.29 is 19.0 Å². The molecule has 0 aromatic heterocycles. The Labute approximate surface area is 57.2 Å². The van der Waals surface area contributed by atoms with Crippen LogP contribution >= 0.6 is 0 Å². The van der Waals surface area contributed by atoms with Crippen LogP contribution in [0, 0.1) is 0 Å². The summed E-state index contributed by atoms with van der Waals surface area (Å²) >= 11 is 0. The molecule has 1 rings (SSSR count). The molecule has 1 N–H and O–H groups in total. The third kappa shape index (κ3) is 1.57. The highest BCUT2D eigenvalue weighted by Crippen LogP contribution is 2.08. The van der Waals surface area contributed by atoms with Crippen molar-refractivity contribution in [2.45, 2.75) is 13.0 Å². The second-order valence-electron chi connectivity index (χ2n) is 2.02. The van der Waals surface area contributed by atoms with Crippen LogP contribution in [0.1, 0.15) is 6.42 Å². The average molecular weight is 149 g/mol. The predicted molar refractivity (Wildman–Crippen MR) is 29.8 cm³/mol. The number of carbonyl (C=O) groups is 1. The molecule has 0 spiro atoms. The summed E-state index contributed by atoms with van der Waals surface area (Å²) in [5.41, 5.74) is 0. The number of aliphatic hydroxyl groups excluding tert-OH is 1. The summed E-state index contributed by atoms with van der Waals surface area (Å²) in [5.74, 6) is 0. The van der Waals surface area contributed by atoms with Crippen LogP contribution in [-0.4, -0.2) is 35.7 Å². The van der Waals surface area contributed by atoms with Crippen molar-refractivity contribution in [2.75, 3.05) is 13.1 Å². The Morgan fingerprint density at radius 3 is 2.60 bits per heavy atom. The molecule has 1 aliphatic rings. The smallest absolute Gasteiger partial charge is 0.390 e. The van der Waals surface area contributed by atoms with Crippen molar-refractivity contribution in [3.8, 4) is 0 Å². The molecule has 0 aromatic carbocycles. The van der Waals surface area contributed by atoms with Gasteiger partial charge in [-0.15, -0.1) is 0 Å². The zero-order valence-corrected chi connectivity index (χ0v) is 5.29. The third-order valence-corrected chi connectivity index (χ3v) is 1.31. The molecule has 1 saturated heterocycles. The monoisotopic (exact) mass is 149 g/mol. The fourth-order valence-electron chi connectivity index (χ4n) is 0.657. The first kappa shape index (κ1) is 7.27. The first-order valence-electron chi connectivity index (χ1n) is 2.98. The zero-order valence-electron chi connectivity index (χ0n) is 5.29. The van der Waals surface area contributed by atoms with E-state index in [0.717, 1.165) is 6.42 Å². The van der Waals surface area contributed by atoms with Gasteiger partial charge in [-0.25, -0.2) is 4.79 Å². The van der Waals surface area contributed by atoms with Gasteiger partial charge in [-0.3, -0.25) is 0 Å². The molecule has 0 radical (unpaired) electrons. The summed E-state index contributed by atoms with van der Waals surface area (Å²) in [6.45, 7) is -1.31. The molecule has 1 amide bonds. The van der Waals surface area contributed by atoms with Gasteiger partial charge in [-0.2, -0.15) is 4.39 Å². The second-order valence-corrected chi connectivity index (χ2v) is 2.02. The molecule has 1 unspecified atom stereocenters. The Kier molecular flexibility index (Phi) is 2.06. The number of nitrogens with zero attached hydrogens (tertiary/aromatic N) is 1. The normalized spacial score (nSPS) is 19.6. The lowest BCUT2D eigenvalue weighted by molar-refractivity contribution is -0.152. The van der Waals surface area contributed by atoms with Gasteiger partial charge in [0.15, 0.2) is 0 Å². The van der Waals surface area contributed by atoms with Crippen molar-refractivity contribution in [3.05, 3.63) is 0 Å². The number of aliphatic hydroxyl groups is 1. The molecule has 1 heterocycles. The van der Waals surface area contributed by atoms with Crippen LogP contribution < -0.4 is 0 Å². The van der Waals surface area contributed by atoms with Gasteiger partial charge in [0.2, 0.25) is 0 Å². The summed E-state index contributed by atoms with van der Waals surface area (Å²) in [7, 11) is 0. The lowest BCUT2D eigenvalue weighted by Crippen LogP contribution is -2.43. The summed E-state index contributed by atoms with van der Waals surface area (Å²) < 4.78 is 15.4. The maximum absolute atomic E-state index is 11.6. The molecule has 0 saturated carbocycles. The summed E-state index contributed by atoms with van der Waals surface area (Å²) in [5, 5.41) is 7.95. The predicted octanol–water partition coefficient (Wildman–Crippen LogP) is 0.0741. The molecule has 0 bridgehead atoms. The fourth-order valence-corrected chi connectivity index (χ4v) is 0.657. The lowest BCUT2D eigenvalue weighted by Gasteiger charge is -2.29. The van der Waals surface area contributed by atoms with E-state index in [4.69, 9.17) is 5.11 Å². The van der Waals surface area contributed by atoms with Crippen LogP contribution in [0.2, 0.25) is 0 Å². The molecule has 0 aromatic rings. The maximum Gasteiger partial charge on any atom is 0.414 e. The molecule has 1 fully saturated rings. The zero-order chi connectivity index (χ0) is 7.56. The van der Waals surface area contributed by atoms with Gasteiger partial charge >= 0.3 is 12.6 Å². The summed E-state index contributed by atoms with van der Waals surface area (Å²) in [4.78, 5) is 11.8. The average Bonchev–Trinajstić information content (AvgIpc) is 1.55. The first-order chi connectivity index (χ1) is 4.70. The van der Waals surface area contributed by atoms with Gasteiger partial charge in [-0.1, -0.05) is 0 Å². The molecule has 1 aliphatic heterocycles. The number of carbonyl (C=O) groups excluding carboxylic acids is 1. The highest BCUT2D eigenvalue weighted by molar-refractivity contribution is 5.68. The number of hydrogen-bond acceptors (Lipinski definition) is 3. The number of amides is 1. The van der Waals surface area contributed by atoms with Gasteiger partial charge in [0.1, 0.15) is 0 Å². The Morgan fingerprint density at radius 1 is 1.70 bits per heavy atom. The van der Waals surface area contributed by atoms with E-state index in [2.05, 4.69) is 4.74 Å². The largest absolute Gasteiger partial charge is 0.414 e. The Hall–Kier alpha value is -0.840. The van der Waals surface area contributed by atoms with Crippen molar-refractivity contribution >= 4 is 6.09 Å². The Balaban J connectivity index is 2.20. The van der Waals surface area contributed by atoms with E-state index in [1.807, 2.05) is 0 Å². The van der Waals surface area contributed by atoms with Crippen LogP contribution in [0.3, 0.4) is 0 Å². The van der Waals surface area contributed by atoms with Crippen molar-refractivity contribution in [3.63, 3.8) is 0 Å². The SMILES string of the molecule is O=C(OC(O)F)N1CCC1. The topological polar surface area (TPSA) is 49.8 Å². The van der Waals surface area contributed by atoms with Gasteiger partial charge in [0.25, 0.3) is 0 Å². The fraction of sp³-hybridized carbons (Fsp3) is 0.800. The van der Waals surface area contributed by atoms with E-state index in [0.29, 0.717) is 13.1 Å². The van der Waals surface area contributed by atoms with Crippen LogP contribution in [0.25, 0.3) is 0 Å². The molecule has 0 aliphatic carbocycles. The van der Waals surface area contributed by atoms with E-state index in [1.165, 1.54) is 4.90 Å². The van der Waals surface area contributed by atoms with Crippen molar-refractivity contribution in [1.82, 2.24) is 4.90 Å². The van der Waals surface area contributed by atoms with Crippen LogP contribution in [0.15, 0.2) is 0 Å². The van der Waals surface area contributed by atoms with Gasteiger partial charge in [-0.05, 0) is 6.42 Å². The standard InChI is InChI=1S/C5H8FNO3/c6-4(8)10-5(9)7-2-1-3-7/h4,8H,1-3H2. The molecular formula is C5H8FNO3. The third-order valence-electron chi connectivity index (χ3n) is 1.31. The number of halogens is 1. The Morgan fingerprint density at radius 2 is 2.30 bits per heavy atom. The molecule has 10 heavy (non-hydrogen) atoms. The van der Waals surface area contributed by atoms with Crippen molar-refractivity contribution in [2.24, 2.45) is 0 Å². The molecule has 1 atom stereocenters. The minimum absolute atomic E-state index is 0.589. The minimum Gasteiger partial charge on any atom is -0.390 e. The van der Waals surface area contributed by atoms with Gasteiger partial charge in [0, 0.05) is 13.1 Å². The van der Waals surface area contributed by atoms with E-state index < -0.39 is 12.6 Å². The number of alkyl halides is 1. The maximum atomic E-state index is 11.6. The molecule has 4 nitrogen and oxygen atoms in total. The molecule has 58 valence electrons. The molecule has 5 heteroatoms. The second kappa shape index (κ2) is 2.83. The van der Waals surface area contributed by atoms with Crippen LogP contribution in [0.5, 0.6) is 0 Å². The highest BCUT2D eigenvalue weighted by atomic mass is 19.2. The van der Waals surface area contributed by atoms with Crippen molar-refractivity contribution in [1.29, 1.82) is 0 Å². The highest BCUT2D eigenvalue weighted by Gasteiger charge is 2.23. The first-order valence-corrected chi connectivity index (χ1v) is 2.98. The van der Waals surface area contributed by atoms with E-state index in [1.54, 1.807) is 0 Å². The number of rotatable bonds is 1. The molecular weight excluding hydrogens is 141 g/mol. The Bertz CT molecular complexity index is 135. The number of ether oxygens (including phenoxy) is 1. The number of hydrogen-bond donors (Lipinski definition) is 1.